The molecule has 0 radical (unpaired) electrons. The molecular weight excluding hydrogens is 246 g/mol. The maximum atomic E-state index is 11.6. The summed E-state index contributed by atoms with van der Waals surface area (Å²) in [5, 5.41) is 12.1. The second-order valence-electron chi connectivity index (χ2n) is 5.36. The lowest BCUT2D eigenvalue weighted by atomic mass is 10.1. The summed E-state index contributed by atoms with van der Waals surface area (Å²) in [4.78, 5) is 22.6. The van der Waals surface area contributed by atoms with Gasteiger partial charge in [0.05, 0.1) is 5.69 Å². The molecule has 0 spiro atoms. The Morgan fingerprint density at radius 1 is 1.32 bits per heavy atom. The number of hydrogen-bond acceptors (Lipinski definition) is 4. The van der Waals surface area contributed by atoms with Gasteiger partial charge in [-0.2, -0.15) is 0 Å². The molecule has 19 heavy (non-hydrogen) atoms. The van der Waals surface area contributed by atoms with Crippen LogP contribution in [-0.4, -0.2) is 22.6 Å². The predicted molar refractivity (Wildman–Crippen MR) is 72.3 cm³/mol. The maximum Gasteiger partial charge on any atom is 0.412 e. The highest BCUT2D eigenvalue weighted by molar-refractivity contribution is 5.87. The van der Waals surface area contributed by atoms with E-state index in [1.807, 2.05) is 0 Å². The van der Waals surface area contributed by atoms with Crippen LogP contribution >= 0.6 is 0 Å². The molecule has 1 rings (SSSR count). The molecule has 0 atom stereocenters. The second-order valence-corrected chi connectivity index (χ2v) is 5.36. The summed E-state index contributed by atoms with van der Waals surface area (Å²) in [6.45, 7) is 6.73. The van der Waals surface area contributed by atoms with Gasteiger partial charge < -0.3 is 9.84 Å². The van der Waals surface area contributed by atoms with Gasteiger partial charge in [-0.1, -0.05) is 6.07 Å². The number of carbonyl (C=O) groups excluding carboxylic acids is 2. The Labute approximate surface area is 112 Å². The van der Waals surface area contributed by atoms with Crippen LogP contribution in [0.1, 0.15) is 33.3 Å². The van der Waals surface area contributed by atoms with Crippen LogP contribution in [0.25, 0.3) is 0 Å². The third-order valence-corrected chi connectivity index (χ3v) is 2.15. The van der Waals surface area contributed by atoms with E-state index in [-0.39, 0.29) is 23.6 Å². The standard InChI is InChI=1S/C14H19NO4/c1-9(16)7-10-5-6-12(17)11(8-10)15-13(18)19-14(2,3)4/h5-6,8,17H,7H2,1-4H3,(H,15,18). The van der Waals surface area contributed by atoms with Crippen LogP contribution < -0.4 is 5.32 Å². The largest absolute Gasteiger partial charge is 0.506 e. The fourth-order valence-corrected chi connectivity index (χ4v) is 1.49. The Bertz CT molecular complexity index is 489. The van der Waals surface area contributed by atoms with Crippen molar-refractivity contribution < 1.29 is 19.4 Å². The minimum atomic E-state index is -0.650. The number of nitrogens with one attached hydrogen (secondary N) is 1. The van der Waals surface area contributed by atoms with Gasteiger partial charge in [0.25, 0.3) is 0 Å². The first-order valence-electron chi connectivity index (χ1n) is 5.99. The van der Waals surface area contributed by atoms with Gasteiger partial charge >= 0.3 is 6.09 Å². The molecule has 0 heterocycles. The van der Waals surface area contributed by atoms with Crippen molar-refractivity contribution in [3.63, 3.8) is 0 Å². The zero-order valence-electron chi connectivity index (χ0n) is 11.6. The predicted octanol–water partition coefficient (Wildman–Crippen LogP) is 2.87. The third-order valence-electron chi connectivity index (χ3n) is 2.15. The normalized spacial score (nSPS) is 10.9. The third kappa shape index (κ3) is 5.42. The lowest BCUT2D eigenvalue weighted by molar-refractivity contribution is -0.116. The van der Waals surface area contributed by atoms with Gasteiger partial charge in [0.2, 0.25) is 0 Å². The molecule has 1 aromatic rings. The molecule has 0 saturated heterocycles. The number of rotatable bonds is 3. The number of hydrogen-bond donors (Lipinski definition) is 2. The molecule has 0 bridgehead atoms. The molecule has 0 aliphatic carbocycles. The fourth-order valence-electron chi connectivity index (χ4n) is 1.49. The van der Waals surface area contributed by atoms with Crippen molar-refractivity contribution in [2.45, 2.75) is 39.7 Å². The first-order chi connectivity index (χ1) is 8.67. The van der Waals surface area contributed by atoms with Crippen molar-refractivity contribution >= 4 is 17.6 Å². The molecule has 0 aromatic heterocycles. The van der Waals surface area contributed by atoms with Gasteiger partial charge in [-0.3, -0.25) is 10.1 Å². The molecule has 5 nitrogen and oxygen atoms in total. The van der Waals surface area contributed by atoms with Crippen molar-refractivity contribution in [3.05, 3.63) is 23.8 Å². The molecule has 0 saturated carbocycles. The molecule has 104 valence electrons. The van der Waals surface area contributed by atoms with Gasteiger partial charge in [0.15, 0.2) is 0 Å². The number of aromatic hydroxyl groups is 1. The number of ether oxygens (including phenoxy) is 1. The zero-order chi connectivity index (χ0) is 14.6. The number of Topliss-reactive ketones (excluding diaryl/α,β-unsaturated/α-hetero) is 1. The quantitative estimate of drug-likeness (QED) is 0.824. The summed E-state index contributed by atoms with van der Waals surface area (Å²) >= 11 is 0. The van der Waals surface area contributed by atoms with Crippen LogP contribution in [0.15, 0.2) is 18.2 Å². The minimum absolute atomic E-state index is 0.00825. The average molecular weight is 265 g/mol. The van der Waals surface area contributed by atoms with Crippen molar-refractivity contribution in [1.82, 2.24) is 0 Å². The lowest BCUT2D eigenvalue weighted by Gasteiger charge is -2.20. The summed E-state index contributed by atoms with van der Waals surface area (Å²) in [6.07, 6.45) is -0.397. The molecule has 1 aromatic carbocycles. The average Bonchev–Trinajstić information content (AvgIpc) is 2.19. The Hall–Kier alpha value is -2.04. The molecule has 5 heteroatoms. The summed E-state index contributed by atoms with van der Waals surface area (Å²) in [6, 6.07) is 4.63. The summed E-state index contributed by atoms with van der Waals surface area (Å²) in [5.41, 5.74) is 0.334. The van der Waals surface area contributed by atoms with Gasteiger partial charge in [-0.15, -0.1) is 0 Å². The van der Waals surface area contributed by atoms with Crippen molar-refractivity contribution in [2.24, 2.45) is 0 Å². The van der Waals surface area contributed by atoms with E-state index in [1.54, 1.807) is 32.9 Å². The number of phenols is 1. The number of benzene rings is 1. The highest BCUT2D eigenvalue weighted by Gasteiger charge is 2.17. The second kappa shape index (κ2) is 5.73. The van der Waals surface area contributed by atoms with Crippen LogP contribution in [0, 0.1) is 0 Å². The van der Waals surface area contributed by atoms with E-state index in [0.717, 1.165) is 5.56 Å². The Morgan fingerprint density at radius 3 is 2.47 bits per heavy atom. The molecule has 0 unspecified atom stereocenters. The first-order valence-corrected chi connectivity index (χ1v) is 5.99. The molecule has 2 N–H and O–H groups in total. The van der Waals surface area contributed by atoms with Gasteiger partial charge in [-0.25, -0.2) is 4.79 Å². The number of carbonyl (C=O) groups is 2. The van der Waals surface area contributed by atoms with E-state index < -0.39 is 11.7 Å². The van der Waals surface area contributed by atoms with Crippen LogP contribution in [0.3, 0.4) is 0 Å². The molecule has 0 aliphatic rings. The SMILES string of the molecule is CC(=O)Cc1ccc(O)c(NC(=O)OC(C)(C)C)c1. The fraction of sp³-hybridized carbons (Fsp3) is 0.429. The molecule has 0 aliphatic heterocycles. The van der Waals surface area contributed by atoms with Crippen LogP contribution in [0.4, 0.5) is 10.5 Å². The Morgan fingerprint density at radius 2 is 1.95 bits per heavy atom. The van der Waals surface area contributed by atoms with Gasteiger partial charge in [0, 0.05) is 6.42 Å². The van der Waals surface area contributed by atoms with Crippen LogP contribution in [0.5, 0.6) is 5.75 Å². The summed E-state index contributed by atoms with van der Waals surface area (Å²) < 4.78 is 5.09. The van der Waals surface area contributed by atoms with Crippen molar-refractivity contribution in [1.29, 1.82) is 0 Å². The lowest BCUT2D eigenvalue weighted by Crippen LogP contribution is -2.27. The minimum Gasteiger partial charge on any atom is -0.506 e. The monoisotopic (exact) mass is 265 g/mol. The summed E-state index contributed by atoms with van der Waals surface area (Å²) in [7, 11) is 0. The number of anilines is 1. The van der Waals surface area contributed by atoms with Gasteiger partial charge in [0.1, 0.15) is 17.1 Å². The van der Waals surface area contributed by atoms with Crippen molar-refractivity contribution in [3.8, 4) is 5.75 Å². The first kappa shape index (κ1) is 15.0. The Kier molecular flexibility index (Phi) is 4.53. The Balaban J connectivity index is 2.82. The van der Waals surface area contributed by atoms with E-state index in [2.05, 4.69) is 5.32 Å². The number of amides is 1. The zero-order valence-corrected chi connectivity index (χ0v) is 11.6. The smallest absolute Gasteiger partial charge is 0.412 e. The van der Waals surface area contributed by atoms with E-state index in [4.69, 9.17) is 4.74 Å². The van der Waals surface area contributed by atoms with Gasteiger partial charge in [-0.05, 0) is 45.4 Å². The van der Waals surface area contributed by atoms with E-state index >= 15 is 0 Å². The number of phenolic OH excluding ortho intramolecular Hbond substituents is 1. The highest BCUT2D eigenvalue weighted by Crippen LogP contribution is 2.25. The van der Waals surface area contributed by atoms with E-state index in [1.165, 1.54) is 13.0 Å². The van der Waals surface area contributed by atoms with E-state index in [9.17, 15) is 14.7 Å². The van der Waals surface area contributed by atoms with Crippen molar-refractivity contribution in [2.75, 3.05) is 5.32 Å². The van der Waals surface area contributed by atoms with E-state index in [0.29, 0.717) is 0 Å². The highest BCUT2D eigenvalue weighted by atomic mass is 16.6. The van der Waals surface area contributed by atoms with Crippen LogP contribution in [-0.2, 0) is 16.0 Å². The maximum absolute atomic E-state index is 11.6. The molecular formula is C14H19NO4. The van der Waals surface area contributed by atoms with Crippen LogP contribution in [0.2, 0.25) is 0 Å². The topological polar surface area (TPSA) is 75.6 Å². The molecule has 1 amide bonds. The number of ketones is 1. The summed E-state index contributed by atoms with van der Waals surface area (Å²) in [5.74, 6) is -0.0629. The molecule has 0 fully saturated rings.